The Bertz CT molecular complexity index is 337. The summed E-state index contributed by atoms with van der Waals surface area (Å²) >= 11 is 0. The third kappa shape index (κ3) is 3.46. The third-order valence-electron chi connectivity index (χ3n) is 2.08. The molecule has 4 N–H and O–H groups in total. The van der Waals surface area contributed by atoms with Crippen LogP contribution in [-0.4, -0.2) is 17.6 Å². The van der Waals surface area contributed by atoms with Crippen LogP contribution in [0.2, 0.25) is 0 Å². The topological polar surface area (TPSA) is 70.6 Å². The Balaban J connectivity index is 2.47. The van der Waals surface area contributed by atoms with E-state index in [1.54, 1.807) is 12.1 Å². The molecule has 1 unspecified atom stereocenters. The first-order chi connectivity index (χ1) is 7.13. The summed E-state index contributed by atoms with van der Waals surface area (Å²) in [5.41, 5.74) is 6.20. The monoisotopic (exact) mass is 211 g/mol. The van der Waals surface area contributed by atoms with Crippen molar-refractivity contribution in [3.05, 3.63) is 30.1 Å². The van der Waals surface area contributed by atoms with E-state index >= 15 is 0 Å². The number of nitrogens with two attached hydrogens (primary N) is 1. The van der Waals surface area contributed by atoms with Gasteiger partial charge in [-0.2, -0.15) is 0 Å². The largest absolute Gasteiger partial charge is 0.409 e. The minimum Gasteiger partial charge on any atom is -0.409 e. The van der Waals surface area contributed by atoms with E-state index in [1.165, 1.54) is 12.1 Å². The Kier molecular flexibility index (Phi) is 3.91. The fourth-order valence-electron chi connectivity index (χ4n) is 1.04. The van der Waals surface area contributed by atoms with Crippen molar-refractivity contribution in [2.24, 2.45) is 16.8 Å². The minimum absolute atomic E-state index is 0.0833. The lowest BCUT2D eigenvalue weighted by atomic mass is 10.1. The van der Waals surface area contributed by atoms with E-state index in [0.29, 0.717) is 6.54 Å². The van der Waals surface area contributed by atoms with Gasteiger partial charge in [-0.1, -0.05) is 12.1 Å². The highest BCUT2D eigenvalue weighted by molar-refractivity contribution is 5.82. The molecule has 0 aliphatic heterocycles. The Morgan fingerprint density at radius 2 is 2.13 bits per heavy atom. The van der Waals surface area contributed by atoms with Gasteiger partial charge in [0.15, 0.2) is 0 Å². The average molecular weight is 211 g/mol. The van der Waals surface area contributed by atoms with Crippen molar-refractivity contribution < 1.29 is 9.60 Å². The van der Waals surface area contributed by atoms with E-state index in [2.05, 4.69) is 10.5 Å². The van der Waals surface area contributed by atoms with Crippen molar-refractivity contribution in [3.8, 4) is 0 Å². The number of anilines is 1. The van der Waals surface area contributed by atoms with Crippen LogP contribution in [0.1, 0.15) is 6.92 Å². The fraction of sp³-hybridized carbons (Fsp3) is 0.300. The molecule has 1 rings (SSSR count). The molecule has 0 aliphatic carbocycles. The molecular formula is C10H14FN3O. The van der Waals surface area contributed by atoms with Crippen LogP contribution in [0.15, 0.2) is 29.4 Å². The zero-order valence-corrected chi connectivity index (χ0v) is 8.44. The van der Waals surface area contributed by atoms with Crippen molar-refractivity contribution in [2.75, 3.05) is 11.9 Å². The van der Waals surface area contributed by atoms with Crippen LogP contribution in [0.5, 0.6) is 0 Å². The minimum atomic E-state index is -0.273. The van der Waals surface area contributed by atoms with Crippen molar-refractivity contribution in [1.82, 2.24) is 0 Å². The van der Waals surface area contributed by atoms with Crippen LogP contribution in [0.3, 0.4) is 0 Å². The highest BCUT2D eigenvalue weighted by Crippen LogP contribution is 2.09. The third-order valence-corrected chi connectivity index (χ3v) is 2.08. The molecule has 0 saturated heterocycles. The molecule has 1 aromatic rings. The quantitative estimate of drug-likeness (QED) is 0.307. The number of amidine groups is 1. The first-order valence-corrected chi connectivity index (χ1v) is 4.60. The molecule has 4 nitrogen and oxygen atoms in total. The summed E-state index contributed by atoms with van der Waals surface area (Å²) in [7, 11) is 0. The molecular weight excluding hydrogens is 197 g/mol. The molecule has 1 atom stereocenters. The van der Waals surface area contributed by atoms with Gasteiger partial charge in [-0.15, -0.1) is 0 Å². The molecule has 0 bridgehead atoms. The number of rotatable bonds is 4. The molecule has 0 saturated carbocycles. The lowest BCUT2D eigenvalue weighted by Gasteiger charge is -2.11. The molecule has 5 heteroatoms. The first-order valence-electron chi connectivity index (χ1n) is 4.60. The molecule has 15 heavy (non-hydrogen) atoms. The predicted octanol–water partition coefficient (Wildman–Crippen LogP) is 1.62. The summed E-state index contributed by atoms with van der Waals surface area (Å²) in [5, 5.41) is 14.4. The van der Waals surface area contributed by atoms with Gasteiger partial charge in [-0.25, -0.2) is 4.39 Å². The molecule has 0 fully saturated rings. The van der Waals surface area contributed by atoms with Gasteiger partial charge in [0.1, 0.15) is 11.7 Å². The summed E-state index contributed by atoms with van der Waals surface area (Å²) in [6, 6.07) is 6.01. The lowest BCUT2D eigenvalue weighted by molar-refractivity contribution is 0.315. The van der Waals surface area contributed by atoms with Crippen LogP contribution in [0.4, 0.5) is 10.1 Å². The molecule has 0 amide bonds. The standard InChI is InChI=1S/C10H14FN3O/c1-7(10(12)14-15)6-13-9-4-2-8(11)3-5-9/h2-5,7,13,15H,6H2,1H3,(H2,12,14). The zero-order valence-electron chi connectivity index (χ0n) is 8.44. The Morgan fingerprint density at radius 3 is 2.67 bits per heavy atom. The molecule has 0 heterocycles. The van der Waals surface area contributed by atoms with Gasteiger partial charge in [-0.05, 0) is 24.3 Å². The van der Waals surface area contributed by atoms with Crippen molar-refractivity contribution in [2.45, 2.75) is 6.92 Å². The van der Waals surface area contributed by atoms with Crippen LogP contribution < -0.4 is 11.1 Å². The van der Waals surface area contributed by atoms with Crippen LogP contribution in [0.25, 0.3) is 0 Å². The number of nitrogens with zero attached hydrogens (tertiary/aromatic N) is 1. The summed E-state index contributed by atoms with van der Waals surface area (Å²) in [6.45, 7) is 2.35. The maximum atomic E-state index is 12.6. The van der Waals surface area contributed by atoms with E-state index in [-0.39, 0.29) is 17.6 Å². The summed E-state index contributed by atoms with van der Waals surface area (Å²) in [4.78, 5) is 0. The van der Waals surface area contributed by atoms with Gasteiger partial charge in [0.2, 0.25) is 0 Å². The van der Waals surface area contributed by atoms with Gasteiger partial charge in [-0.3, -0.25) is 0 Å². The van der Waals surface area contributed by atoms with E-state index < -0.39 is 0 Å². The van der Waals surface area contributed by atoms with Gasteiger partial charge in [0.05, 0.1) is 0 Å². The maximum Gasteiger partial charge on any atom is 0.143 e. The summed E-state index contributed by atoms with van der Waals surface area (Å²) in [6.07, 6.45) is 0. The van der Waals surface area contributed by atoms with E-state index in [4.69, 9.17) is 10.9 Å². The smallest absolute Gasteiger partial charge is 0.143 e. The SMILES string of the molecule is CC(CNc1ccc(F)cc1)C(N)=NO. The predicted molar refractivity (Wildman–Crippen MR) is 57.5 cm³/mol. The summed E-state index contributed by atoms with van der Waals surface area (Å²) in [5.74, 6) is -0.185. The summed E-state index contributed by atoms with van der Waals surface area (Å²) < 4.78 is 12.6. The molecule has 82 valence electrons. The normalized spacial score (nSPS) is 13.6. The van der Waals surface area contributed by atoms with Gasteiger partial charge >= 0.3 is 0 Å². The number of nitrogens with one attached hydrogen (secondary N) is 1. The van der Waals surface area contributed by atoms with E-state index in [9.17, 15) is 4.39 Å². The second kappa shape index (κ2) is 5.19. The number of hydrogen-bond donors (Lipinski definition) is 3. The second-order valence-electron chi connectivity index (χ2n) is 3.31. The molecule has 0 aromatic heterocycles. The van der Waals surface area contributed by atoms with Gasteiger partial charge in [0, 0.05) is 18.2 Å². The number of hydrogen-bond acceptors (Lipinski definition) is 3. The second-order valence-corrected chi connectivity index (χ2v) is 3.31. The Hall–Kier alpha value is -1.78. The Labute approximate surface area is 87.6 Å². The van der Waals surface area contributed by atoms with Gasteiger partial charge < -0.3 is 16.3 Å². The number of oxime groups is 1. The number of halogens is 1. The lowest BCUT2D eigenvalue weighted by Crippen LogP contribution is -2.27. The van der Waals surface area contributed by atoms with Gasteiger partial charge in [0.25, 0.3) is 0 Å². The molecule has 0 radical (unpaired) electrons. The average Bonchev–Trinajstić information content (AvgIpc) is 2.26. The highest BCUT2D eigenvalue weighted by atomic mass is 19.1. The van der Waals surface area contributed by atoms with Crippen molar-refractivity contribution >= 4 is 11.5 Å². The molecule has 0 spiro atoms. The number of benzene rings is 1. The Morgan fingerprint density at radius 1 is 1.53 bits per heavy atom. The highest BCUT2D eigenvalue weighted by Gasteiger charge is 2.06. The zero-order chi connectivity index (χ0) is 11.3. The van der Waals surface area contributed by atoms with Crippen molar-refractivity contribution in [1.29, 1.82) is 0 Å². The van der Waals surface area contributed by atoms with Crippen LogP contribution in [0, 0.1) is 11.7 Å². The first kappa shape index (κ1) is 11.3. The maximum absolute atomic E-state index is 12.6. The molecule has 1 aromatic carbocycles. The molecule has 0 aliphatic rings. The fourth-order valence-corrected chi connectivity index (χ4v) is 1.04. The van der Waals surface area contributed by atoms with E-state index in [1.807, 2.05) is 6.92 Å². The van der Waals surface area contributed by atoms with E-state index in [0.717, 1.165) is 5.69 Å². The van der Waals surface area contributed by atoms with Crippen LogP contribution in [-0.2, 0) is 0 Å². The van der Waals surface area contributed by atoms with Crippen molar-refractivity contribution in [3.63, 3.8) is 0 Å². The van der Waals surface area contributed by atoms with Crippen LogP contribution >= 0.6 is 0 Å².